The maximum atomic E-state index is 11.2. The lowest BCUT2D eigenvalue weighted by Crippen LogP contribution is -2.02. The third-order valence-electron chi connectivity index (χ3n) is 3.01. The summed E-state index contributed by atoms with van der Waals surface area (Å²) in [6.45, 7) is 0. The largest absolute Gasteiger partial charge is 0.465 e. The molecule has 1 fully saturated rings. The summed E-state index contributed by atoms with van der Waals surface area (Å²) in [5.74, 6) is 0.610. The molecule has 1 aromatic rings. The Morgan fingerprint density at radius 1 is 1.47 bits per heavy atom. The first-order valence-corrected chi connectivity index (χ1v) is 6.99. The Kier molecular flexibility index (Phi) is 4.42. The van der Waals surface area contributed by atoms with Gasteiger partial charge in [0, 0.05) is 17.2 Å². The lowest BCUT2D eigenvalue weighted by Gasteiger charge is -2.08. The zero-order valence-electron chi connectivity index (χ0n) is 10.0. The number of hydrogen-bond donors (Lipinski definition) is 0. The number of ether oxygens (including phenoxy) is 1. The predicted octanol–water partition coefficient (Wildman–Crippen LogP) is 3.04. The maximum absolute atomic E-state index is 11.2. The van der Waals surface area contributed by atoms with Crippen molar-refractivity contribution in [3.63, 3.8) is 0 Å². The van der Waals surface area contributed by atoms with E-state index in [0.29, 0.717) is 5.56 Å². The zero-order chi connectivity index (χ0) is 12.1. The Hall–Kier alpha value is -1.03. The minimum Gasteiger partial charge on any atom is -0.465 e. The van der Waals surface area contributed by atoms with Gasteiger partial charge in [-0.05, 0) is 25.0 Å². The molecule has 92 valence electrons. The van der Waals surface area contributed by atoms with E-state index >= 15 is 0 Å². The smallest absolute Gasteiger partial charge is 0.339 e. The number of esters is 1. The fraction of sp³-hybridized carbons (Fsp3) is 0.538. The van der Waals surface area contributed by atoms with Gasteiger partial charge in [-0.1, -0.05) is 12.8 Å². The van der Waals surface area contributed by atoms with Gasteiger partial charge >= 0.3 is 5.97 Å². The Bertz CT molecular complexity index is 372. The number of pyridine rings is 1. The van der Waals surface area contributed by atoms with Crippen molar-refractivity contribution in [1.29, 1.82) is 0 Å². The second kappa shape index (κ2) is 6.05. The van der Waals surface area contributed by atoms with Crippen molar-refractivity contribution < 1.29 is 9.53 Å². The molecule has 0 saturated heterocycles. The molecule has 1 aliphatic carbocycles. The minimum atomic E-state index is -0.326. The molecule has 0 aromatic carbocycles. The van der Waals surface area contributed by atoms with Crippen LogP contribution >= 0.6 is 11.8 Å². The number of methoxy groups -OCH3 is 1. The average molecular weight is 251 g/mol. The molecule has 1 aromatic heterocycles. The quantitative estimate of drug-likeness (QED) is 0.771. The van der Waals surface area contributed by atoms with Gasteiger partial charge in [-0.25, -0.2) is 4.79 Å². The van der Waals surface area contributed by atoms with Crippen LogP contribution in [0.3, 0.4) is 0 Å². The first-order chi connectivity index (χ1) is 8.29. The van der Waals surface area contributed by atoms with E-state index in [1.807, 2.05) is 17.8 Å². The van der Waals surface area contributed by atoms with Crippen molar-refractivity contribution >= 4 is 17.7 Å². The molecule has 1 aliphatic rings. The molecule has 17 heavy (non-hydrogen) atoms. The van der Waals surface area contributed by atoms with E-state index in [1.54, 1.807) is 12.3 Å². The van der Waals surface area contributed by atoms with Crippen molar-refractivity contribution in [2.75, 3.05) is 7.11 Å². The van der Waals surface area contributed by atoms with E-state index in [-0.39, 0.29) is 5.97 Å². The van der Waals surface area contributed by atoms with Crippen LogP contribution < -0.4 is 0 Å². The number of hydrogen-bond acceptors (Lipinski definition) is 4. The Labute approximate surface area is 106 Å². The molecule has 4 heteroatoms. The van der Waals surface area contributed by atoms with Crippen molar-refractivity contribution in [1.82, 2.24) is 4.98 Å². The van der Waals surface area contributed by atoms with Gasteiger partial charge in [-0.2, -0.15) is 11.8 Å². The summed E-state index contributed by atoms with van der Waals surface area (Å²) in [6, 6.07) is 3.69. The summed E-state index contributed by atoms with van der Waals surface area (Å²) in [5.41, 5.74) is 1.55. The summed E-state index contributed by atoms with van der Waals surface area (Å²) in [7, 11) is 1.38. The molecule has 0 N–H and O–H groups in total. The van der Waals surface area contributed by atoms with Crippen LogP contribution in [0.15, 0.2) is 18.3 Å². The van der Waals surface area contributed by atoms with E-state index in [2.05, 4.69) is 9.72 Å². The number of thioether (sulfide) groups is 1. The van der Waals surface area contributed by atoms with Gasteiger partial charge in [0.15, 0.2) is 0 Å². The molecule has 0 atom stereocenters. The SMILES string of the molecule is COC(=O)c1ccc(CSC2CCCC2)nc1. The van der Waals surface area contributed by atoms with Gasteiger partial charge < -0.3 is 4.74 Å². The van der Waals surface area contributed by atoms with E-state index < -0.39 is 0 Å². The summed E-state index contributed by atoms with van der Waals surface area (Å²) < 4.78 is 4.63. The second-order valence-electron chi connectivity index (χ2n) is 4.25. The molecule has 3 nitrogen and oxygen atoms in total. The van der Waals surface area contributed by atoms with Crippen molar-refractivity contribution in [2.45, 2.75) is 36.7 Å². The van der Waals surface area contributed by atoms with Crippen LogP contribution in [0, 0.1) is 0 Å². The lowest BCUT2D eigenvalue weighted by molar-refractivity contribution is 0.0600. The van der Waals surface area contributed by atoms with E-state index in [9.17, 15) is 4.79 Å². The van der Waals surface area contributed by atoms with Crippen LogP contribution in [0.1, 0.15) is 41.7 Å². The first-order valence-electron chi connectivity index (χ1n) is 5.94. The van der Waals surface area contributed by atoms with E-state index in [1.165, 1.54) is 32.8 Å². The molecule has 2 rings (SSSR count). The minimum absolute atomic E-state index is 0.326. The zero-order valence-corrected chi connectivity index (χ0v) is 10.8. The fourth-order valence-electron chi connectivity index (χ4n) is 2.01. The second-order valence-corrected chi connectivity index (χ2v) is 5.54. The Morgan fingerprint density at radius 2 is 2.24 bits per heavy atom. The monoisotopic (exact) mass is 251 g/mol. The molecular weight excluding hydrogens is 234 g/mol. The van der Waals surface area contributed by atoms with Gasteiger partial charge in [0.2, 0.25) is 0 Å². The average Bonchev–Trinajstić information content (AvgIpc) is 2.89. The van der Waals surface area contributed by atoms with Gasteiger partial charge in [0.25, 0.3) is 0 Å². The molecule has 1 heterocycles. The number of nitrogens with zero attached hydrogens (tertiary/aromatic N) is 1. The molecule has 0 amide bonds. The summed E-state index contributed by atoms with van der Waals surface area (Å²) >= 11 is 1.98. The molecule has 0 spiro atoms. The van der Waals surface area contributed by atoms with Crippen LogP contribution in [-0.2, 0) is 10.5 Å². The highest BCUT2D eigenvalue weighted by Crippen LogP contribution is 2.31. The van der Waals surface area contributed by atoms with Crippen LogP contribution in [0.5, 0.6) is 0 Å². The molecule has 0 aliphatic heterocycles. The van der Waals surface area contributed by atoms with Gasteiger partial charge in [-0.15, -0.1) is 0 Å². The van der Waals surface area contributed by atoms with Crippen LogP contribution in [0.4, 0.5) is 0 Å². The standard InChI is InChI=1S/C13H17NO2S/c1-16-13(15)10-6-7-11(14-8-10)9-17-12-4-2-3-5-12/h6-8,12H,2-5,9H2,1H3. The molecule has 1 saturated carbocycles. The van der Waals surface area contributed by atoms with E-state index in [4.69, 9.17) is 0 Å². The highest BCUT2D eigenvalue weighted by atomic mass is 32.2. The van der Waals surface area contributed by atoms with Gasteiger partial charge in [-0.3, -0.25) is 4.98 Å². The number of carbonyl (C=O) groups excluding carboxylic acids is 1. The number of carbonyl (C=O) groups is 1. The first kappa shape index (κ1) is 12.4. The summed E-state index contributed by atoms with van der Waals surface area (Å²) in [6.07, 6.45) is 7.00. The number of aromatic nitrogens is 1. The Balaban J connectivity index is 1.87. The van der Waals surface area contributed by atoms with Crippen molar-refractivity contribution in [2.24, 2.45) is 0 Å². The van der Waals surface area contributed by atoms with E-state index in [0.717, 1.165) is 16.7 Å². The maximum Gasteiger partial charge on any atom is 0.339 e. The highest BCUT2D eigenvalue weighted by Gasteiger charge is 2.15. The topological polar surface area (TPSA) is 39.2 Å². The van der Waals surface area contributed by atoms with Crippen molar-refractivity contribution in [3.05, 3.63) is 29.6 Å². The van der Waals surface area contributed by atoms with Crippen molar-refractivity contribution in [3.8, 4) is 0 Å². The molecule has 0 unspecified atom stereocenters. The van der Waals surface area contributed by atoms with Gasteiger partial charge in [0.1, 0.15) is 0 Å². The van der Waals surface area contributed by atoms with Crippen LogP contribution in [0.25, 0.3) is 0 Å². The third kappa shape index (κ3) is 3.46. The molecular formula is C13H17NO2S. The number of rotatable bonds is 4. The normalized spacial score (nSPS) is 16.1. The summed E-state index contributed by atoms with van der Waals surface area (Å²) in [5, 5.41) is 0.803. The summed E-state index contributed by atoms with van der Waals surface area (Å²) in [4.78, 5) is 15.5. The Morgan fingerprint density at radius 3 is 2.82 bits per heavy atom. The van der Waals surface area contributed by atoms with Crippen LogP contribution in [-0.4, -0.2) is 23.3 Å². The molecule has 0 bridgehead atoms. The van der Waals surface area contributed by atoms with Crippen LogP contribution in [0.2, 0.25) is 0 Å². The lowest BCUT2D eigenvalue weighted by atomic mass is 10.2. The fourth-order valence-corrected chi connectivity index (χ4v) is 3.25. The van der Waals surface area contributed by atoms with Gasteiger partial charge in [0.05, 0.1) is 18.4 Å². The predicted molar refractivity (Wildman–Crippen MR) is 69.1 cm³/mol. The third-order valence-corrected chi connectivity index (χ3v) is 4.42. The highest BCUT2D eigenvalue weighted by molar-refractivity contribution is 7.99. The molecule has 0 radical (unpaired) electrons.